The maximum absolute atomic E-state index is 11.4. The highest BCUT2D eigenvalue weighted by Gasteiger charge is 2.32. The molecule has 1 aromatic rings. The van der Waals surface area contributed by atoms with Crippen LogP contribution in [0.4, 0.5) is 0 Å². The van der Waals surface area contributed by atoms with Gasteiger partial charge in [-0.3, -0.25) is 14.3 Å². The summed E-state index contributed by atoms with van der Waals surface area (Å²) in [6.45, 7) is -0.416. The molecule has 1 heterocycles. The third-order valence-electron chi connectivity index (χ3n) is 2.66. The van der Waals surface area contributed by atoms with Gasteiger partial charge in [0, 0.05) is 30.7 Å². The lowest BCUT2D eigenvalue weighted by molar-refractivity contribution is 0.00550. The number of nitrogens with zero attached hydrogens (tertiary/aromatic N) is 1. The fraction of sp³-hybridized carbons (Fsp3) is 0.600. The van der Waals surface area contributed by atoms with Crippen LogP contribution in [0.5, 0.6) is 0 Å². The predicted octanol–water partition coefficient (Wildman–Crippen LogP) is -1.16. The van der Waals surface area contributed by atoms with Gasteiger partial charge >= 0.3 is 5.69 Å². The van der Waals surface area contributed by atoms with Gasteiger partial charge in [-0.05, 0) is 0 Å². The highest BCUT2D eigenvalue weighted by atomic mass is 35.5. The first kappa shape index (κ1) is 16.2. The first-order valence-corrected chi connectivity index (χ1v) is 6.38. The topological polar surface area (TPSA) is 116 Å². The lowest BCUT2D eigenvalue weighted by Gasteiger charge is -2.27. The molecule has 0 fully saturated rings. The van der Waals surface area contributed by atoms with E-state index in [0.29, 0.717) is 0 Å². The molecule has 0 aliphatic rings. The molecule has 0 spiro atoms. The van der Waals surface area contributed by atoms with Crippen LogP contribution in [-0.2, 0) is 0 Å². The minimum absolute atomic E-state index is 0.0614. The average Bonchev–Trinajstić information content (AvgIpc) is 2.38. The molecule has 0 saturated heterocycles. The van der Waals surface area contributed by atoms with Gasteiger partial charge in [-0.25, -0.2) is 4.79 Å². The van der Waals surface area contributed by atoms with Crippen LogP contribution < -0.4 is 11.2 Å². The minimum atomic E-state index is -1.57. The zero-order valence-corrected chi connectivity index (χ0v) is 11.3. The van der Waals surface area contributed by atoms with Crippen molar-refractivity contribution in [2.75, 3.05) is 12.5 Å². The van der Waals surface area contributed by atoms with Crippen molar-refractivity contribution in [2.24, 2.45) is 5.92 Å². The van der Waals surface area contributed by atoms with E-state index in [1.165, 1.54) is 0 Å². The molecule has 1 aromatic heterocycles. The van der Waals surface area contributed by atoms with Crippen LogP contribution in [0.3, 0.4) is 0 Å². The van der Waals surface area contributed by atoms with E-state index in [1.807, 2.05) is 4.98 Å². The van der Waals surface area contributed by atoms with Crippen molar-refractivity contribution in [3.8, 4) is 0 Å². The number of aromatic amines is 1. The number of hydrogen-bond acceptors (Lipinski definition) is 5. The molecule has 0 aliphatic heterocycles. The third kappa shape index (κ3) is 3.80. The Morgan fingerprint density at radius 1 is 1.37 bits per heavy atom. The quantitative estimate of drug-likeness (QED) is 0.495. The van der Waals surface area contributed by atoms with Crippen molar-refractivity contribution in [2.45, 2.75) is 17.7 Å². The number of aliphatic hydroxyl groups is 3. The molecular weight excluding hydrogens is 299 g/mol. The van der Waals surface area contributed by atoms with Gasteiger partial charge in [-0.15, -0.1) is 23.2 Å². The molecule has 0 unspecified atom stereocenters. The van der Waals surface area contributed by atoms with E-state index in [0.717, 1.165) is 16.8 Å². The Morgan fingerprint density at radius 3 is 2.47 bits per heavy atom. The molecule has 4 N–H and O–H groups in total. The highest BCUT2D eigenvalue weighted by Crippen LogP contribution is 2.22. The molecule has 9 heteroatoms. The Kier molecular flexibility index (Phi) is 6.02. The summed E-state index contributed by atoms with van der Waals surface area (Å²) in [7, 11) is 0. The van der Waals surface area contributed by atoms with Gasteiger partial charge in [-0.1, -0.05) is 0 Å². The van der Waals surface area contributed by atoms with E-state index in [1.54, 1.807) is 0 Å². The third-order valence-corrected chi connectivity index (χ3v) is 3.54. The summed E-state index contributed by atoms with van der Waals surface area (Å²) in [5.74, 6) is -0.800. The van der Waals surface area contributed by atoms with Gasteiger partial charge in [0.05, 0.1) is 6.10 Å². The second-order valence-corrected chi connectivity index (χ2v) is 4.78. The number of nitrogens with one attached hydrogen (secondary N) is 1. The van der Waals surface area contributed by atoms with Gasteiger partial charge in [0.1, 0.15) is 5.38 Å². The Labute approximate surface area is 118 Å². The maximum atomic E-state index is 11.4. The number of rotatable bonds is 6. The number of H-pyrrole nitrogens is 1. The van der Waals surface area contributed by atoms with Crippen LogP contribution in [-0.4, -0.2) is 48.8 Å². The van der Waals surface area contributed by atoms with Crippen LogP contribution >= 0.6 is 23.2 Å². The van der Waals surface area contributed by atoms with Crippen LogP contribution in [0.15, 0.2) is 21.9 Å². The Morgan fingerprint density at radius 2 is 2.00 bits per heavy atom. The summed E-state index contributed by atoms with van der Waals surface area (Å²) in [6, 6.07) is 1.03. The van der Waals surface area contributed by atoms with Crippen LogP contribution in [0.1, 0.15) is 6.23 Å². The number of hydrogen-bond donors (Lipinski definition) is 4. The fourth-order valence-corrected chi connectivity index (χ4v) is 2.08. The highest BCUT2D eigenvalue weighted by molar-refractivity contribution is 6.21. The summed E-state index contributed by atoms with van der Waals surface area (Å²) < 4.78 is 0.769. The van der Waals surface area contributed by atoms with E-state index in [9.17, 15) is 19.8 Å². The lowest BCUT2D eigenvalue weighted by atomic mass is 10.0. The largest absolute Gasteiger partial charge is 0.396 e. The standard InChI is InChI=1S/C10H14Cl2N2O5/c11-3-5(4-15)8(17)7(12)9(18)14-2-1-6(16)13-10(14)19/h1-2,5,7-9,15,17-18H,3-4H2,(H,13,16,19)/t5-,7+,8+,9-/m0/s1. The molecule has 0 bridgehead atoms. The summed E-state index contributed by atoms with van der Waals surface area (Å²) in [6.07, 6.45) is -1.83. The van der Waals surface area contributed by atoms with Crippen molar-refractivity contribution >= 4 is 23.2 Å². The van der Waals surface area contributed by atoms with E-state index in [4.69, 9.17) is 28.3 Å². The van der Waals surface area contributed by atoms with Crippen molar-refractivity contribution < 1.29 is 15.3 Å². The van der Waals surface area contributed by atoms with Crippen molar-refractivity contribution in [3.05, 3.63) is 33.1 Å². The average molecular weight is 313 g/mol. The van der Waals surface area contributed by atoms with E-state index < -0.39 is 41.5 Å². The number of halogens is 2. The van der Waals surface area contributed by atoms with Gasteiger partial charge < -0.3 is 15.3 Å². The summed E-state index contributed by atoms with van der Waals surface area (Å²) in [5, 5.41) is 27.4. The van der Waals surface area contributed by atoms with Gasteiger partial charge in [0.2, 0.25) is 0 Å². The van der Waals surface area contributed by atoms with E-state index >= 15 is 0 Å². The smallest absolute Gasteiger partial charge is 0.330 e. The van der Waals surface area contributed by atoms with Crippen molar-refractivity contribution in [3.63, 3.8) is 0 Å². The monoisotopic (exact) mass is 312 g/mol. The number of alkyl halides is 2. The second-order valence-electron chi connectivity index (χ2n) is 3.96. The molecule has 108 valence electrons. The fourth-order valence-electron chi connectivity index (χ4n) is 1.47. The van der Waals surface area contributed by atoms with Crippen LogP contribution in [0.2, 0.25) is 0 Å². The number of aliphatic hydroxyl groups excluding tert-OH is 3. The normalized spacial score (nSPS) is 17.7. The first-order chi connectivity index (χ1) is 8.92. The molecule has 7 nitrogen and oxygen atoms in total. The Bertz CT molecular complexity index is 513. The van der Waals surface area contributed by atoms with Gasteiger partial charge in [0.15, 0.2) is 6.23 Å². The van der Waals surface area contributed by atoms with Crippen LogP contribution in [0.25, 0.3) is 0 Å². The SMILES string of the molecule is O=c1ccn([C@@H](O)[C@H](Cl)[C@H](O)[C@H](CO)CCl)c(=O)[nH]1. The zero-order chi connectivity index (χ0) is 14.6. The minimum Gasteiger partial charge on any atom is -0.396 e. The van der Waals surface area contributed by atoms with E-state index in [2.05, 4.69) is 0 Å². The lowest BCUT2D eigenvalue weighted by Crippen LogP contribution is -2.42. The Hall–Kier alpha value is -0.860. The molecule has 0 saturated carbocycles. The van der Waals surface area contributed by atoms with Crippen LogP contribution in [0, 0.1) is 5.92 Å². The molecule has 1 rings (SSSR count). The molecule has 19 heavy (non-hydrogen) atoms. The van der Waals surface area contributed by atoms with Gasteiger partial charge in [0.25, 0.3) is 5.56 Å². The molecule has 0 aliphatic carbocycles. The number of aromatic nitrogens is 2. The molecule has 0 amide bonds. The van der Waals surface area contributed by atoms with Gasteiger partial charge in [-0.2, -0.15) is 0 Å². The van der Waals surface area contributed by atoms with E-state index in [-0.39, 0.29) is 5.88 Å². The molecular formula is C10H14Cl2N2O5. The zero-order valence-electron chi connectivity index (χ0n) is 9.74. The Balaban J connectivity index is 2.95. The molecule has 0 aromatic carbocycles. The maximum Gasteiger partial charge on any atom is 0.330 e. The van der Waals surface area contributed by atoms with Crippen molar-refractivity contribution in [1.82, 2.24) is 9.55 Å². The first-order valence-electron chi connectivity index (χ1n) is 5.40. The van der Waals surface area contributed by atoms with Crippen molar-refractivity contribution in [1.29, 1.82) is 0 Å². The summed E-state index contributed by atoms with van der Waals surface area (Å²) >= 11 is 11.4. The predicted molar refractivity (Wildman–Crippen MR) is 69.5 cm³/mol. The molecule has 4 atom stereocenters. The molecule has 0 radical (unpaired) electrons. The summed E-state index contributed by atoms with van der Waals surface area (Å²) in [4.78, 5) is 24.3. The second kappa shape index (κ2) is 7.06. The summed E-state index contributed by atoms with van der Waals surface area (Å²) in [5.41, 5.74) is -1.47.